The number of benzene rings is 2. The van der Waals surface area contributed by atoms with Gasteiger partial charge in [0.2, 0.25) is 0 Å². The maximum absolute atomic E-state index is 13.2. The number of phenolic OH excluding ortho intramolecular Hbond substituents is 1. The molecule has 2 heterocycles. The van der Waals surface area contributed by atoms with Crippen LogP contribution in [0.1, 0.15) is 36.8 Å². The van der Waals surface area contributed by atoms with E-state index in [1.807, 2.05) is 24.3 Å². The van der Waals surface area contributed by atoms with Crippen LogP contribution < -0.4 is 5.32 Å². The summed E-state index contributed by atoms with van der Waals surface area (Å²) in [6.45, 7) is 1.19. The average molecular weight is 720 g/mol. The summed E-state index contributed by atoms with van der Waals surface area (Å²) in [7, 11) is 0. The molecule has 2 aliphatic rings. The van der Waals surface area contributed by atoms with Crippen LogP contribution in [0.4, 0.5) is 15.3 Å². The fraction of sp³-hybridized carbons (Fsp3) is 0.333. The highest BCUT2D eigenvalue weighted by Crippen LogP contribution is 2.27. The second kappa shape index (κ2) is 17.4. The molecule has 2 aromatic rings. The number of nitrogens with zero attached hydrogens (tertiary/aromatic N) is 5. The first-order valence-corrected chi connectivity index (χ1v) is 15.7. The number of carbonyl (C=O) groups excluding carboxylic acids is 4. The number of urea groups is 1. The van der Waals surface area contributed by atoms with Crippen molar-refractivity contribution in [3.05, 3.63) is 70.0 Å². The summed E-state index contributed by atoms with van der Waals surface area (Å²) in [6, 6.07) is 12.0. The van der Waals surface area contributed by atoms with E-state index in [4.69, 9.17) is 9.84 Å². The van der Waals surface area contributed by atoms with Gasteiger partial charge in [-0.3, -0.25) is 14.4 Å². The first-order valence-electron chi connectivity index (χ1n) is 14.9. The number of aliphatic carboxylic acids is 1. The number of likely N-dealkylation sites (tertiary alicyclic amines) is 1. The minimum Gasteiger partial charge on any atom is -0.507 e. The SMILES string of the molecule is O=C(O)CCC(=O)N=C=C=CN=C=C=NC(=O)[C@@H](Cc1ccc(O)c(Br)c1)OC(=O)N1CCC(N2CCc3ccccc3NC2=O)CC1. The second-order valence-electron chi connectivity index (χ2n) is 10.7. The zero-order valence-electron chi connectivity index (χ0n) is 25.6. The molecule has 0 radical (unpaired) electrons. The van der Waals surface area contributed by atoms with Crippen LogP contribution in [-0.4, -0.2) is 99.3 Å². The van der Waals surface area contributed by atoms with Gasteiger partial charge < -0.3 is 30.1 Å². The summed E-state index contributed by atoms with van der Waals surface area (Å²) in [4.78, 5) is 74.9. The van der Waals surface area contributed by atoms with Crippen molar-refractivity contribution in [2.24, 2.45) is 15.0 Å². The van der Waals surface area contributed by atoms with E-state index in [1.54, 1.807) is 17.0 Å². The Labute approximate surface area is 283 Å². The topological polar surface area (TPSA) is 191 Å². The number of carboxylic acid groups (broad SMARTS) is 1. The number of aliphatic imine (C=N–C) groups is 3. The molecule has 0 saturated carbocycles. The van der Waals surface area contributed by atoms with Crippen molar-refractivity contribution in [1.82, 2.24) is 9.80 Å². The summed E-state index contributed by atoms with van der Waals surface area (Å²) in [5.74, 6) is 3.96. The van der Waals surface area contributed by atoms with E-state index in [0.29, 0.717) is 48.9 Å². The molecule has 3 N–H and O–H groups in total. The number of carbonyl (C=O) groups is 5. The predicted octanol–water partition coefficient (Wildman–Crippen LogP) is 3.91. The fourth-order valence-electron chi connectivity index (χ4n) is 5.00. The summed E-state index contributed by atoms with van der Waals surface area (Å²) in [5, 5.41) is 21.4. The Kier molecular flexibility index (Phi) is 12.8. The Balaban J connectivity index is 1.39. The van der Waals surface area contributed by atoms with Crippen LogP contribution in [0.25, 0.3) is 0 Å². The number of aromatic hydroxyl groups is 1. The molecule has 1 atom stereocenters. The van der Waals surface area contributed by atoms with Gasteiger partial charge >= 0.3 is 18.1 Å². The van der Waals surface area contributed by atoms with Crippen LogP contribution in [0.5, 0.6) is 5.75 Å². The number of nitrogens with one attached hydrogen (secondary N) is 1. The summed E-state index contributed by atoms with van der Waals surface area (Å²) < 4.78 is 6.01. The van der Waals surface area contributed by atoms with Gasteiger partial charge in [0.25, 0.3) is 11.8 Å². The molecule has 48 heavy (non-hydrogen) atoms. The number of halogens is 1. The molecular formula is C33H31BrN6O8. The number of piperidine rings is 1. The van der Waals surface area contributed by atoms with Crippen LogP contribution in [-0.2, 0) is 32.0 Å². The first-order chi connectivity index (χ1) is 23.1. The van der Waals surface area contributed by atoms with Crippen LogP contribution >= 0.6 is 15.9 Å². The number of fused-ring (bicyclic) bond motifs is 1. The number of carboxylic acids is 1. The Morgan fingerprint density at radius 1 is 1.04 bits per heavy atom. The van der Waals surface area contributed by atoms with Crippen LogP contribution in [0, 0.1) is 0 Å². The van der Waals surface area contributed by atoms with Crippen molar-refractivity contribution < 1.29 is 38.9 Å². The van der Waals surface area contributed by atoms with Gasteiger partial charge in [0.05, 0.1) is 28.8 Å². The second-order valence-corrected chi connectivity index (χ2v) is 11.6. The van der Waals surface area contributed by atoms with Gasteiger partial charge in [0.1, 0.15) is 5.75 Å². The van der Waals surface area contributed by atoms with Gasteiger partial charge in [-0.15, -0.1) is 0 Å². The van der Waals surface area contributed by atoms with E-state index in [-0.39, 0.29) is 37.1 Å². The van der Waals surface area contributed by atoms with E-state index in [0.717, 1.165) is 17.5 Å². The van der Waals surface area contributed by atoms with Crippen molar-refractivity contribution in [3.63, 3.8) is 0 Å². The smallest absolute Gasteiger partial charge is 0.410 e. The molecular weight excluding hydrogens is 688 g/mol. The number of amides is 5. The van der Waals surface area contributed by atoms with E-state index >= 15 is 0 Å². The van der Waals surface area contributed by atoms with Crippen molar-refractivity contribution in [2.75, 3.05) is 25.0 Å². The van der Waals surface area contributed by atoms with Gasteiger partial charge in [0.15, 0.2) is 6.10 Å². The fourth-order valence-corrected chi connectivity index (χ4v) is 5.43. The molecule has 15 heteroatoms. The molecule has 0 unspecified atom stereocenters. The molecule has 1 saturated heterocycles. The molecule has 2 aromatic carbocycles. The van der Waals surface area contributed by atoms with Gasteiger partial charge in [0, 0.05) is 50.1 Å². The van der Waals surface area contributed by atoms with Gasteiger partial charge in [-0.1, -0.05) is 24.3 Å². The number of anilines is 1. The molecule has 5 amide bonds. The molecule has 0 bridgehead atoms. The zero-order chi connectivity index (χ0) is 34.5. The summed E-state index contributed by atoms with van der Waals surface area (Å²) in [6.07, 6.45) is 0.0618. The Morgan fingerprint density at radius 2 is 1.81 bits per heavy atom. The summed E-state index contributed by atoms with van der Waals surface area (Å²) in [5.41, 5.74) is 4.77. The third-order valence-electron chi connectivity index (χ3n) is 7.46. The highest BCUT2D eigenvalue weighted by atomic mass is 79.9. The Morgan fingerprint density at radius 3 is 2.56 bits per heavy atom. The molecule has 248 valence electrons. The standard InChI is InChI=1S/C33H31BrN6O8/c34-25-20-22(6-7-27(25)41)21-28(31(45)37-16-15-35-13-3-14-36-29(42)8-9-30(43)44)48-33(47)39-17-11-24(12-18-39)40-19-10-23-4-1-2-5-26(23)38-32(40)46/h1-2,4-7,13,20,24,28,41H,8-12,17-19,21H2,(H,38,46)(H,43,44)/t28-/m1/s1. The lowest BCUT2D eigenvalue weighted by atomic mass is 10.0. The van der Waals surface area contributed by atoms with Crippen molar-refractivity contribution in [1.29, 1.82) is 0 Å². The van der Waals surface area contributed by atoms with Crippen molar-refractivity contribution in [2.45, 2.75) is 50.7 Å². The van der Waals surface area contributed by atoms with Crippen LogP contribution in [0.15, 0.2) is 73.8 Å². The van der Waals surface area contributed by atoms with Crippen LogP contribution in [0.3, 0.4) is 0 Å². The third kappa shape index (κ3) is 10.5. The lowest BCUT2D eigenvalue weighted by molar-refractivity contribution is -0.138. The van der Waals surface area contributed by atoms with E-state index < -0.39 is 30.0 Å². The predicted molar refractivity (Wildman–Crippen MR) is 178 cm³/mol. The minimum absolute atomic E-state index is 0.00240. The number of hydrogen-bond donors (Lipinski definition) is 3. The molecule has 0 aliphatic carbocycles. The number of hydrogen-bond acceptors (Lipinski definition) is 8. The molecule has 4 rings (SSSR count). The average Bonchev–Trinajstić information content (AvgIpc) is 3.24. The Hall–Kier alpha value is -5.54. The normalized spacial score (nSPS) is 14.6. The quantitative estimate of drug-likeness (QED) is 0.257. The lowest BCUT2D eigenvalue weighted by Crippen LogP contribution is -2.50. The van der Waals surface area contributed by atoms with E-state index in [9.17, 15) is 29.1 Å². The number of rotatable bonds is 9. The maximum Gasteiger partial charge on any atom is 0.410 e. The minimum atomic E-state index is -1.34. The number of para-hydroxylation sites is 1. The van der Waals surface area contributed by atoms with E-state index in [2.05, 4.69) is 59.6 Å². The monoisotopic (exact) mass is 718 g/mol. The van der Waals surface area contributed by atoms with Crippen molar-refractivity contribution in [3.8, 4) is 5.75 Å². The molecule has 2 aliphatic heterocycles. The van der Waals surface area contributed by atoms with Gasteiger partial charge in [-0.05, 0) is 70.2 Å². The summed E-state index contributed by atoms with van der Waals surface area (Å²) >= 11 is 3.24. The highest BCUT2D eigenvalue weighted by Gasteiger charge is 2.33. The zero-order valence-corrected chi connectivity index (χ0v) is 27.2. The molecule has 0 aromatic heterocycles. The number of ether oxygens (including phenoxy) is 1. The molecule has 14 nitrogen and oxygen atoms in total. The highest BCUT2D eigenvalue weighted by molar-refractivity contribution is 9.10. The third-order valence-corrected chi connectivity index (χ3v) is 8.10. The lowest BCUT2D eigenvalue weighted by Gasteiger charge is -2.37. The van der Waals surface area contributed by atoms with Crippen LogP contribution in [0.2, 0.25) is 0 Å². The van der Waals surface area contributed by atoms with E-state index in [1.165, 1.54) is 11.0 Å². The first kappa shape index (κ1) is 35.3. The maximum atomic E-state index is 13.2. The Bertz CT molecular complexity index is 1780. The largest absolute Gasteiger partial charge is 0.507 e. The number of phenols is 1. The van der Waals surface area contributed by atoms with Crippen molar-refractivity contribution >= 4 is 69.1 Å². The van der Waals surface area contributed by atoms with Gasteiger partial charge in [-0.2, -0.15) is 15.0 Å². The molecule has 0 spiro atoms. The van der Waals surface area contributed by atoms with Gasteiger partial charge in [-0.25, -0.2) is 9.59 Å². The molecule has 1 fully saturated rings.